The highest BCUT2D eigenvalue weighted by Gasteiger charge is 2.53. The van der Waals surface area contributed by atoms with Gasteiger partial charge >= 0.3 is 0 Å². The van der Waals surface area contributed by atoms with Crippen molar-refractivity contribution in [1.82, 2.24) is 4.90 Å². The van der Waals surface area contributed by atoms with Crippen LogP contribution in [0.25, 0.3) is 0 Å². The molecule has 2 heterocycles. The van der Waals surface area contributed by atoms with Gasteiger partial charge in [0.25, 0.3) is 0 Å². The summed E-state index contributed by atoms with van der Waals surface area (Å²) < 4.78 is 0. The molecule has 0 aromatic rings. The van der Waals surface area contributed by atoms with E-state index < -0.39 is 0 Å². The molecule has 0 bridgehead atoms. The average molecular weight is 207 g/mol. The Morgan fingerprint density at radius 2 is 2.33 bits per heavy atom. The number of hydrogen-bond acceptors (Lipinski definition) is 2. The molecule has 1 saturated heterocycles. The average Bonchev–Trinajstić information content (AvgIpc) is 2.51. The second-order valence-electron chi connectivity index (χ2n) is 5.64. The Balaban J connectivity index is 1.93. The van der Waals surface area contributed by atoms with Gasteiger partial charge in [-0.25, -0.2) is 0 Å². The monoisotopic (exact) mass is 207 g/mol. The fourth-order valence-electron chi connectivity index (χ4n) is 3.76. The molecule has 0 unspecified atom stereocenters. The Hall–Kier alpha value is -0.340. The molecule has 1 aliphatic carbocycles. The van der Waals surface area contributed by atoms with Crippen molar-refractivity contribution in [3.8, 4) is 0 Å². The first-order valence-electron chi connectivity index (χ1n) is 6.34. The molecule has 0 aromatic heterocycles. The summed E-state index contributed by atoms with van der Waals surface area (Å²) in [6.07, 6.45) is 8.30. The number of rotatable bonds is 0. The third-order valence-electron chi connectivity index (χ3n) is 4.68. The van der Waals surface area contributed by atoms with Crippen molar-refractivity contribution in [1.29, 1.82) is 0 Å². The first kappa shape index (κ1) is 9.86. The van der Waals surface area contributed by atoms with Crippen LogP contribution >= 0.6 is 0 Å². The summed E-state index contributed by atoms with van der Waals surface area (Å²) in [4.78, 5) is 2.50. The van der Waals surface area contributed by atoms with Crippen LogP contribution in [0.1, 0.15) is 39.0 Å². The minimum absolute atomic E-state index is 0.330. The maximum atomic E-state index is 10.8. The van der Waals surface area contributed by atoms with Crippen LogP contribution in [0.4, 0.5) is 0 Å². The fourth-order valence-corrected chi connectivity index (χ4v) is 3.76. The standard InChI is InChI=1S/C13H21NO/c1-10-5-7-14-9-11-4-2-3-6-13(11,15)12(14)8-10/h8,11-12,15H,2-7,9H2,1H3/t11-,12+,13+/m1/s1. The maximum absolute atomic E-state index is 10.8. The zero-order valence-electron chi connectivity index (χ0n) is 9.58. The summed E-state index contributed by atoms with van der Waals surface area (Å²) in [5, 5.41) is 10.8. The van der Waals surface area contributed by atoms with Crippen molar-refractivity contribution in [2.45, 2.75) is 50.7 Å². The van der Waals surface area contributed by atoms with Gasteiger partial charge in [0.2, 0.25) is 0 Å². The molecule has 2 heteroatoms. The SMILES string of the molecule is CC1=C[C@@H]2N(CC1)C[C@H]1CCCC[C@]12O. The van der Waals surface area contributed by atoms with E-state index in [1.807, 2.05) is 0 Å². The molecule has 15 heavy (non-hydrogen) atoms. The quantitative estimate of drug-likeness (QED) is 0.614. The summed E-state index contributed by atoms with van der Waals surface area (Å²) in [7, 11) is 0. The van der Waals surface area contributed by atoms with Crippen molar-refractivity contribution in [2.75, 3.05) is 13.1 Å². The minimum atomic E-state index is -0.389. The molecule has 0 aromatic carbocycles. The molecule has 1 saturated carbocycles. The van der Waals surface area contributed by atoms with E-state index in [0.717, 1.165) is 19.5 Å². The number of nitrogens with zero attached hydrogens (tertiary/aromatic N) is 1. The Bertz CT molecular complexity index is 299. The van der Waals surface area contributed by atoms with E-state index in [1.165, 1.54) is 31.3 Å². The molecular weight excluding hydrogens is 186 g/mol. The molecule has 3 rings (SSSR count). The lowest BCUT2D eigenvalue weighted by molar-refractivity contribution is -0.0380. The van der Waals surface area contributed by atoms with Gasteiger partial charge in [-0.1, -0.05) is 24.5 Å². The molecule has 1 N–H and O–H groups in total. The summed E-state index contributed by atoms with van der Waals surface area (Å²) in [5.41, 5.74) is 1.08. The van der Waals surface area contributed by atoms with Crippen LogP contribution in [0, 0.1) is 5.92 Å². The second-order valence-corrected chi connectivity index (χ2v) is 5.64. The van der Waals surface area contributed by atoms with E-state index in [1.54, 1.807) is 0 Å². The zero-order chi connectivity index (χ0) is 10.5. The predicted octanol–water partition coefficient (Wildman–Crippen LogP) is 1.94. The molecule has 3 aliphatic rings. The maximum Gasteiger partial charge on any atom is 0.0878 e. The summed E-state index contributed by atoms with van der Waals surface area (Å²) in [6, 6.07) is 0.330. The van der Waals surface area contributed by atoms with Crippen molar-refractivity contribution in [3.63, 3.8) is 0 Å². The van der Waals surface area contributed by atoms with Crippen LogP contribution in [0.15, 0.2) is 11.6 Å². The van der Waals surface area contributed by atoms with Gasteiger partial charge < -0.3 is 5.11 Å². The normalized spacial score (nSPS) is 45.9. The Kier molecular flexibility index (Phi) is 2.18. The van der Waals surface area contributed by atoms with Gasteiger partial charge in [-0.2, -0.15) is 0 Å². The largest absolute Gasteiger partial charge is 0.388 e. The van der Waals surface area contributed by atoms with Gasteiger partial charge in [0.15, 0.2) is 0 Å². The van der Waals surface area contributed by atoms with Gasteiger partial charge in [0.05, 0.1) is 11.6 Å². The zero-order valence-corrected chi connectivity index (χ0v) is 9.58. The first-order valence-corrected chi connectivity index (χ1v) is 6.34. The lowest BCUT2D eigenvalue weighted by atomic mass is 9.74. The van der Waals surface area contributed by atoms with E-state index >= 15 is 0 Å². The summed E-state index contributed by atoms with van der Waals surface area (Å²) >= 11 is 0. The van der Waals surface area contributed by atoms with Crippen molar-refractivity contribution in [2.24, 2.45) is 5.92 Å². The third kappa shape index (κ3) is 1.38. The van der Waals surface area contributed by atoms with E-state index in [4.69, 9.17) is 0 Å². The predicted molar refractivity (Wildman–Crippen MR) is 60.6 cm³/mol. The third-order valence-corrected chi connectivity index (χ3v) is 4.68. The van der Waals surface area contributed by atoms with Gasteiger partial charge in [-0.05, 0) is 26.2 Å². The highest BCUT2D eigenvalue weighted by molar-refractivity contribution is 5.20. The lowest BCUT2D eigenvalue weighted by Gasteiger charge is -2.39. The molecule has 3 atom stereocenters. The van der Waals surface area contributed by atoms with Crippen LogP contribution in [-0.4, -0.2) is 34.7 Å². The lowest BCUT2D eigenvalue weighted by Crippen LogP contribution is -2.48. The molecule has 0 amide bonds. The smallest absolute Gasteiger partial charge is 0.0878 e. The molecule has 2 nitrogen and oxygen atoms in total. The topological polar surface area (TPSA) is 23.5 Å². The number of fused-ring (bicyclic) bond motifs is 3. The van der Waals surface area contributed by atoms with E-state index in [9.17, 15) is 5.11 Å². The van der Waals surface area contributed by atoms with Crippen molar-refractivity contribution in [3.05, 3.63) is 11.6 Å². The van der Waals surface area contributed by atoms with Crippen LogP contribution in [0.3, 0.4) is 0 Å². The number of hydrogen-bond donors (Lipinski definition) is 1. The highest BCUT2D eigenvalue weighted by Crippen LogP contribution is 2.45. The Labute approximate surface area is 92.0 Å². The van der Waals surface area contributed by atoms with Gasteiger partial charge in [-0.3, -0.25) is 4.90 Å². The van der Waals surface area contributed by atoms with Crippen LogP contribution < -0.4 is 0 Å². The van der Waals surface area contributed by atoms with Gasteiger partial charge in [0, 0.05) is 19.0 Å². The van der Waals surface area contributed by atoms with Crippen LogP contribution in [0.2, 0.25) is 0 Å². The highest BCUT2D eigenvalue weighted by atomic mass is 16.3. The molecule has 84 valence electrons. The van der Waals surface area contributed by atoms with E-state index in [2.05, 4.69) is 17.9 Å². The molecule has 2 fully saturated rings. The van der Waals surface area contributed by atoms with Crippen LogP contribution in [-0.2, 0) is 0 Å². The Morgan fingerprint density at radius 3 is 3.20 bits per heavy atom. The second kappa shape index (κ2) is 3.33. The number of aliphatic hydroxyl groups is 1. The Morgan fingerprint density at radius 1 is 1.47 bits per heavy atom. The van der Waals surface area contributed by atoms with Gasteiger partial charge in [-0.15, -0.1) is 0 Å². The summed E-state index contributed by atoms with van der Waals surface area (Å²) in [6.45, 7) is 4.49. The molecular formula is C13H21NO. The molecule has 0 spiro atoms. The van der Waals surface area contributed by atoms with E-state index in [0.29, 0.717) is 12.0 Å². The fraction of sp³-hybridized carbons (Fsp3) is 0.846. The minimum Gasteiger partial charge on any atom is -0.388 e. The first-order chi connectivity index (χ1) is 7.20. The van der Waals surface area contributed by atoms with Crippen molar-refractivity contribution >= 4 is 0 Å². The van der Waals surface area contributed by atoms with Crippen LogP contribution in [0.5, 0.6) is 0 Å². The van der Waals surface area contributed by atoms with Crippen molar-refractivity contribution < 1.29 is 5.11 Å². The molecule has 0 radical (unpaired) electrons. The molecule has 2 aliphatic heterocycles. The van der Waals surface area contributed by atoms with E-state index in [-0.39, 0.29) is 5.60 Å². The van der Waals surface area contributed by atoms with Gasteiger partial charge in [0.1, 0.15) is 0 Å². The summed E-state index contributed by atoms with van der Waals surface area (Å²) in [5.74, 6) is 0.540.